The van der Waals surface area contributed by atoms with Crippen molar-refractivity contribution in [2.45, 2.75) is 23.9 Å². The summed E-state index contributed by atoms with van der Waals surface area (Å²) in [7, 11) is -3.50. The van der Waals surface area contributed by atoms with Crippen LogP contribution in [0.1, 0.15) is 18.4 Å². The van der Waals surface area contributed by atoms with Gasteiger partial charge in [-0.2, -0.15) is 4.72 Å². The molecule has 0 aliphatic carbocycles. The highest BCUT2D eigenvalue weighted by Gasteiger charge is 2.37. The maximum Gasteiger partial charge on any atom is 0.244 e. The second-order valence-corrected chi connectivity index (χ2v) is 7.53. The number of anilines is 1. The van der Waals surface area contributed by atoms with Gasteiger partial charge in [0.15, 0.2) is 0 Å². The number of hydrogen-bond donors (Lipinski definition) is 1. The topological polar surface area (TPSA) is 58.6 Å². The fourth-order valence-corrected chi connectivity index (χ4v) is 4.64. The molecule has 1 atom stereocenters. The van der Waals surface area contributed by atoms with E-state index in [-0.39, 0.29) is 11.1 Å². The van der Waals surface area contributed by atoms with Crippen LogP contribution in [0.15, 0.2) is 47.4 Å². The minimum Gasteiger partial charge on any atom is -0.457 e. The maximum absolute atomic E-state index is 12.5. The number of nitrogens with one attached hydrogen (secondary N) is 1. The Balaban J connectivity index is 1.73. The van der Waals surface area contributed by atoms with Gasteiger partial charge in [-0.05, 0) is 49.6 Å². The van der Waals surface area contributed by atoms with Crippen molar-refractivity contribution >= 4 is 15.7 Å². The fourth-order valence-electron chi connectivity index (χ4n) is 3.18. The molecule has 5 nitrogen and oxygen atoms in total. The molecule has 0 saturated carbocycles. The first kappa shape index (κ1) is 14.5. The van der Waals surface area contributed by atoms with Crippen molar-refractivity contribution in [2.75, 3.05) is 11.4 Å². The maximum atomic E-state index is 12.5. The third-order valence-electron chi connectivity index (χ3n) is 4.21. The van der Waals surface area contributed by atoms with E-state index in [1.54, 1.807) is 6.07 Å². The molecule has 1 unspecified atom stereocenters. The van der Waals surface area contributed by atoms with Crippen LogP contribution < -0.4 is 14.4 Å². The van der Waals surface area contributed by atoms with Gasteiger partial charge in [0.2, 0.25) is 10.0 Å². The third kappa shape index (κ3) is 2.58. The Morgan fingerprint density at radius 2 is 2.00 bits per heavy atom. The van der Waals surface area contributed by atoms with Crippen LogP contribution in [0.4, 0.5) is 5.69 Å². The van der Waals surface area contributed by atoms with Crippen molar-refractivity contribution in [1.82, 2.24) is 4.72 Å². The van der Waals surface area contributed by atoms with Gasteiger partial charge in [0.1, 0.15) is 16.4 Å². The summed E-state index contributed by atoms with van der Waals surface area (Å²) >= 11 is 0. The Bertz CT molecular complexity index is 864. The van der Waals surface area contributed by atoms with Crippen molar-refractivity contribution in [3.8, 4) is 11.5 Å². The molecule has 2 aromatic carbocycles. The Hall–Kier alpha value is -2.05. The molecular weight excluding hydrogens is 312 g/mol. The van der Waals surface area contributed by atoms with E-state index >= 15 is 0 Å². The van der Waals surface area contributed by atoms with E-state index in [4.69, 9.17) is 4.74 Å². The van der Waals surface area contributed by atoms with Crippen LogP contribution in [0.3, 0.4) is 0 Å². The van der Waals surface area contributed by atoms with E-state index in [0.717, 1.165) is 30.6 Å². The number of rotatable bonds is 2. The molecule has 119 valence electrons. The van der Waals surface area contributed by atoms with Crippen molar-refractivity contribution in [2.24, 2.45) is 0 Å². The normalized spacial score (nSPS) is 21.6. The van der Waals surface area contributed by atoms with Crippen molar-refractivity contribution < 1.29 is 13.2 Å². The highest BCUT2D eigenvalue weighted by molar-refractivity contribution is 7.89. The van der Waals surface area contributed by atoms with Crippen LogP contribution in [0, 0.1) is 6.92 Å². The van der Waals surface area contributed by atoms with Gasteiger partial charge in [0.25, 0.3) is 0 Å². The predicted molar refractivity (Wildman–Crippen MR) is 88.1 cm³/mol. The fraction of sp³-hybridized carbons (Fsp3) is 0.235. The van der Waals surface area contributed by atoms with Gasteiger partial charge in [0.05, 0.1) is 11.9 Å². The summed E-state index contributed by atoms with van der Waals surface area (Å²) in [6.45, 7) is 4.72. The molecule has 6 heteroatoms. The van der Waals surface area contributed by atoms with Crippen molar-refractivity contribution in [3.63, 3.8) is 0 Å². The van der Waals surface area contributed by atoms with Crippen LogP contribution in [-0.4, -0.2) is 21.1 Å². The molecule has 1 radical (unpaired) electrons. The summed E-state index contributed by atoms with van der Waals surface area (Å²) in [5.74, 6) is 1.13. The lowest BCUT2D eigenvalue weighted by molar-refractivity contribution is 0.479. The number of fused-ring (bicyclic) bond motifs is 3. The zero-order valence-electron chi connectivity index (χ0n) is 12.5. The molecule has 4 rings (SSSR count). The predicted octanol–water partition coefficient (Wildman–Crippen LogP) is 2.88. The van der Waals surface area contributed by atoms with Gasteiger partial charge in [-0.3, -0.25) is 0 Å². The van der Waals surface area contributed by atoms with Crippen LogP contribution >= 0.6 is 0 Å². The zero-order valence-corrected chi connectivity index (χ0v) is 13.3. The molecule has 1 N–H and O–H groups in total. The van der Waals surface area contributed by atoms with Crippen LogP contribution in [0.5, 0.6) is 11.5 Å². The first-order valence-corrected chi connectivity index (χ1v) is 9.04. The third-order valence-corrected chi connectivity index (χ3v) is 5.70. The average molecular weight is 329 g/mol. The smallest absolute Gasteiger partial charge is 0.244 e. The zero-order chi connectivity index (χ0) is 16.0. The molecule has 0 aromatic heterocycles. The lowest BCUT2D eigenvalue weighted by atomic mass is 10.2. The van der Waals surface area contributed by atoms with Crippen LogP contribution in [-0.2, 0) is 10.0 Å². The molecular formula is C17H17N2O3S. The first-order valence-electron chi connectivity index (χ1n) is 7.56. The van der Waals surface area contributed by atoms with Gasteiger partial charge in [-0.15, -0.1) is 0 Å². The number of nitrogens with zero attached hydrogens (tertiary/aromatic N) is 1. The second kappa shape index (κ2) is 5.25. The Labute approximate surface area is 135 Å². The highest BCUT2D eigenvalue weighted by atomic mass is 32.2. The van der Waals surface area contributed by atoms with Gasteiger partial charge in [-0.1, -0.05) is 12.1 Å². The largest absolute Gasteiger partial charge is 0.457 e. The molecule has 23 heavy (non-hydrogen) atoms. The quantitative estimate of drug-likeness (QED) is 0.920. The molecule has 0 amide bonds. The van der Waals surface area contributed by atoms with Gasteiger partial charge >= 0.3 is 0 Å². The van der Waals surface area contributed by atoms with E-state index in [1.165, 1.54) is 0 Å². The summed E-state index contributed by atoms with van der Waals surface area (Å²) in [4.78, 5) is 2.38. The van der Waals surface area contributed by atoms with E-state index in [9.17, 15) is 8.42 Å². The summed E-state index contributed by atoms with van der Waals surface area (Å²) in [5, 5.41) is 0. The summed E-state index contributed by atoms with van der Waals surface area (Å²) in [5.41, 5.74) is 1.60. The minimum atomic E-state index is -3.50. The Morgan fingerprint density at radius 3 is 2.83 bits per heavy atom. The summed E-state index contributed by atoms with van der Waals surface area (Å²) in [6, 6.07) is 12.6. The first-order chi connectivity index (χ1) is 11.0. The monoisotopic (exact) mass is 329 g/mol. The second-order valence-electron chi connectivity index (χ2n) is 5.85. The summed E-state index contributed by atoms with van der Waals surface area (Å²) in [6.07, 6.45) is 1.70. The highest BCUT2D eigenvalue weighted by Crippen LogP contribution is 2.38. The van der Waals surface area contributed by atoms with Gasteiger partial charge in [0, 0.05) is 12.6 Å². The van der Waals surface area contributed by atoms with Crippen molar-refractivity contribution in [1.29, 1.82) is 0 Å². The van der Waals surface area contributed by atoms with Crippen molar-refractivity contribution in [3.05, 3.63) is 55.0 Å². The van der Waals surface area contributed by atoms with E-state index in [1.807, 2.05) is 36.4 Å². The van der Waals surface area contributed by atoms with E-state index < -0.39 is 10.0 Å². The van der Waals surface area contributed by atoms with Gasteiger partial charge < -0.3 is 9.64 Å². The number of benzene rings is 2. The SMILES string of the molecule is [CH2]c1cccc(Oc2ccc3c(c2)S(=O)(=O)NC2CCCN32)c1. The van der Waals surface area contributed by atoms with Crippen LogP contribution in [0.25, 0.3) is 0 Å². The summed E-state index contributed by atoms with van der Waals surface area (Å²) < 4.78 is 33.5. The number of hydrogen-bond acceptors (Lipinski definition) is 4. The Kier molecular flexibility index (Phi) is 3.32. The lowest BCUT2D eigenvalue weighted by Gasteiger charge is -2.33. The lowest BCUT2D eigenvalue weighted by Crippen LogP contribution is -2.48. The molecule has 1 saturated heterocycles. The Morgan fingerprint density at radius 1 is 1.17 bits per heavy atom. The molecule has 1 fully saturated rings. The average Bonchev–Trinajstić information content (AvgIpc) is 2.95. The van der Waals surface area contributed by atoms with Gasteiger partial charge in [-0.25, -0.2) is 8.42 Å². The number of sulfonamides is 1. The van der Waals surface area contributed by atoms with E-state index in [2.05, 4.69) is 16.5 Å². The molecule has 2 aliphatic heterocycles. The molecule has 0 spiro atoms. The molecule has 0 bridgehead atoms. The van der Waals surface area contributed by atoms with E-state index in [0.29, 0.717) is 11.5 Å². The standard InChI is InChI=1S/C17H17N2O3S/c1-12-4-2-5-13(10-12)22-14-7-8-15-16(11-14)23(20,21)18-17-6-3-9-19(15)17/h2,4-5,7-8,10-11,17-18H,1,3,6,9H2. The molecule has 2 aromatic rings. The minimum absolute atomic E-state index is 0.123. The number of ether oxygens (including phenoxy) is 1. The molecule has 2 heterocycles. The van der Waals surface area contributed by atoms with Crippen LogP contribution in [0.2, 0.25) is 0 Å². The molecule has 2 aliphatic rings.